The lowest BCUT2D eigenvalue weighted by Crippen LogP contribution is -2.43. The van der Waals surface area contributed by atoms with Crippen LogP contribution in [-0.2, 0) is 14.3 Å². The number of carbonyl (C=O) groups is 4. The number of nitro benzene ring substituents is 1. The second-order valence-electron chi connectivity index (χ2n) is 8.57. The number of Topliss-reactive ketones (excluding diaryl/α,β-unsaturated/α-hetero) is 1. The number of hydrogen-bond acceptors (Lipinski definition) is 8. The molecule has 3 aromatic rings. The van der Waals surface area contributed by atoms with Crippen LogP contribution in [0.5, 0.6) is 11.5 Å². The number of nitrogens with one attached hydrogen (secondary N) is 1. The van der Waals surface area contributed by atoms with E-state index >= 15 is 0 Å². The van der Waals surface area contributed by atoms with E-state index in [1.165, 1.54) is 36.4 Å². The fourth-order valence-corrected chi connectivity index (χ4v) is 3.80. The number of benzene rings is 3. The molecule has 0 radical (unpaired) electrons. The molecule has 0 aliphatic carbocycles. The molecule has 1 N–H and O–H groups in total. The summed E-state index contributed by atoms with van der Waals surface area (Å²) in [5, 5.41) is 11.8. The Morgan fingerprint density at radius 2 is 1.63 bits per heavy atom. The van der Waals surface area contributed by atoms with Crippen LogP contribution < -0.4 is 10.2 Å². The number of rotatable bonds is 9. The van der Waals surface area contributed by atoms with Gasteiger partial charge in [0.1, 0.15) is 11.5 Å². The standard InChI is InChI=1S/C27H23N3O8/c1-17-4-2-3-5-23(17)26(33)28-29-15-19(14-25(29)32)27(34)37-16-24(31)18-6-10-21(11-7-18)38-22-12-8-20(9-13-22)30(35)36/h2-13,19H,14-16H2,1H3,(H,28,33)/t19-/m1/s1. The maximum Gasteiger partial charge on any atom is 0.311 e. The Hall–Kier alpha value is -5.06. The van der Waals surface area contributed by atoms with Crippen LogP contribution in [0, 0.1) is 23.0 Å². The number of non-ortho nitro benzene ring substituents is 1. The Morgan fingerprint density at radius 3 is 2.26 bits per heavy atom. The van der Waals surface area contributed by atoms with E-state index in [4.69, 9.17) is 9.47 Å². The van der Waals surface area contributed by atoms with E-state index in [2.05, 4.69) is 5.43 Å². The summed E-state index contributed by atoms with van der Waals surface area (Å²) in [5.74, 6) is -2.06. The van der Waals surface area contributed by atoms with Gasteiger partial charge in [-0.15, -0.1) is 0 Å². The molecule has 194 valence electrons. The lowest BCUT2D eigenvalue weighted by atomic mass is 10.1. The maximum atomic E-state index is 12.5. The Labute approximate surface area is 217 Å². The third-order valence-electron chi connectivity index (χ3n) is 5.89. The second kappa shape index (κ2) is 11.3. The smallest absolute Gasteiger partial charge is 0.311 e. The molecule has 2 amide bonds. The minimum atomic E-state index is -0.815. The van der Waals surface area contributed by atoms with Gasteiger partial charge in [0, 0.05) is 29.7 Å². The molecule has 0 unspecified atom stereocenters. The highest BCUT2D eigenvalue weighted by atomic mass is 16.6. The summed E-state index contributed by atoms with van der Waals surface area (Å²) in [6.07, 6.45) is -0.143. The summed E-state index contributed by atoms with van der Waals surface area (Å²) in [7, 11) is 0. The maximum absolute atomic E-state index is 12.5. The van der Waals surface area contributed by atoms with Crippen molar-refractivity contribution >= 4 is 29.3 Å². The second-order valence-corrected chi connectivity index (χ2v) is 8.57. The number of hydrogen-bond donors (Lipinski definition) is 1. The molecule has 1 aliphatic rings. The molecule has 0 spiro atoms. The molecule has 0 aromatic heterocycles. The zero-order valence-electron chi connectivity index (χ0n) is 20.3. The molecule has 4 rings (SSSR count). The van der Waals surface area contributed by atoms with E-state index < -0.39 is 41.0 Å². The van der Waals surface area contributed by atoms with Gasteiger partial charge in [-0.05, 0) is 55.0 Å². The first kappa shape index (κ1) is 26.0. The van der Waals surface area contributed by atoms with Crippen molar-refractivity contribution in [3.63, 3.8) is 0 Å². The summed E-state index contributed by atoms with van der Waals surface area (Å²) in [6, 6.07) is 18.6. The lowest BCUT2D eigenvalue weighted by molar-refractivity contribution is -0.384. The number of nitrogens with zero attached hydrogens (tertiary/aromatic N) is 2. The first-order valence-corrected chi connectivity index (χ1v) is 11.6. The third kappa shape index (κ3) is 6.19. The number of amides is 2. The van der Waals surface area contributed by atoms with Crippen molar-refractivity contribution in [2.75, 3.05) is 13.2 Å². The van der Waals surface area contributed by atoms with Crippen molar-refractivity contribution < 1.29 is 33.6 Å². The van der Waals surface area contributed by atoms with E-state index in [0.717, 1.165) is 10.6 Å². The molecule has 1 aliphatic heterocycles. The fraction of sp³-hybridized carbons (Fsp3) is 0.185. The molecule has 0 bridgehead atoms. The first-order chi connectivity index (χ1) is 18.2. The van der Waals surface area contributed by atoms with Gasteiger partial charge >= 0.3 is 5.97 Å². The molecule has 1 atom stereocenters. The van der Waals surface area contributed by atoms with E-state index in [9.17, 15) is 29.3 Å². The van der Waals surface area contributed by atoms with E-state index in [1.807, 2.05) is 0 Å². The predicted molar refractivity (Wildman–Crippen MR) is 133 cm³/mol. The number of ether oxygens (including phenoxy) is 2. The zero-order valence-corrected chi connectivity index (χ0v) is 20.3. The molecule has 38 heavy (non-hydrogen) atoms. The van der Waals surface area contributed by atoms with Crippen molar-refractivity contribution in [3.8, 4) is 11.5 Å². The van der Waals surface area contributed by atoms with Crippen LogP contribution in [0.4, 0.5) is 5.69 Å². The topological polar surface area (TPSA) is 145 Å². The van der Waals surface area contributed by atoms with Crippen LogP contribution in [0.25, 0.3) is 0 Å². The monoisotopic (exact) mass is 517 g/mol. The van der Waals surface area contributed by atoms with Crippen molar-refractivity contribution in [2.45, 2.75) is 13.3 Å². The molecular formula is C27H23N3O8. The Kier molecular flexibility index (Phi) is 7.76. The molecular weight excluding hydrogens is 494 g/mol. The van der Waals surface area contributed by atoms with Gasteiger partial charge in [-0.2, -0.15) is 0 Å². The highest BCUT2D eigenvalue weighted by Gasteiger charge is 2.37. The number of esters is 1. The summed E-state index contributed by atoms with van der Waals surface area (Å²) in [4.78, 5) is 60.0. The average Bonchev–Trinajstić information content (AvgIpc) is 3.28. The molecule has 1 heterocycles. The van der Waals surface area contributed by atoms with Gasteiger partial charge in [0.25, 0.3) is 11.6 Å². The predicted octanol–water partition coefficient (Wildman–Crippen LogP) is 3.61. The van der Waals surface area contributed by atoms with Crippen molar-refractivity contribution in [1.82, 2.24) is 10.4 Å². The van der Waals surface area contributed by atoms with Gasteiger partial charge in [-0.25, -0.2) is 0 Å². The first-order valence-electron chi connectivity index (χ1n) is 11.6. The lowest BCUT2D eigenvalue weighted by Gasteiger charge is -2.18. The minimum absolute atomic E-state index is 0.0574. The van der Waals surface area contributed by atoms with E-state index in [-0.39, 0.29) is 24.2 Å². The van der Waals surface area contributed by atoms with Crippen LogP contribution >= 0.6 is 0 Å². The van der Waals surface area contributed by atoms with Crippen molar-refractivity contribution in [2.24, 2.45) is 5.92 Å². The normalized spacial score (nSPS) is 14.6. The van der Waals surface area contributed by atoms with Crippen LogP contribution in [0.2, 0.25) is 0 Å². The number of nitro groups is 1. The van der Waals surface area contributed by atoms with E-state index in [1.54, 1.807) is 43.3 Å². The summed E-state index contributed by atoms with van der Waals surface area (Å²) in [5.41, 5.74) is 3.91. The van der Waals surface area contributed by atoms with Gasteiger partial charge in [-0.3, -0.25) is 39.7 Å². The van der Waals surface area contributed by atoms with Gasteiger partial charge < -0.3 is 9.47 Å². The molecule has 1 fully saturated rings. The molecule has 3 aromatic carbocycles. The van der Waals surface area contributed by atoms with Crippen LogP contribution in [0.15, 0.2) is 72.8 Å². The number of hydrazine groups is 1. The summed E-state index contributed by atoms with van der Waals surface area (Å²) >= 11 is 0. The Bertz CT molecular complexity index is 1390. The van der Waals surface area contributed by atoms with Gasteiger partial charge in [0.2, 0.25) is 5.91 Å². The van der Waals surface area contributed by atoms with Crippen molar-refractivity contribution in [3.05, 3.63) is 99.6 Å². The zero-order chi connectivity index (χ0) is 27.2. The molecule has 1 saturated heterocycles. The average molecular weight is 517 g/mol. The quantitative estimate of drug-likeness (QED) is 0.196. The molecule has 0 saturated carbocycles. The third-order valence-corrected chi connectivity index (χ3v) is 5.89. The van der Waals surface area contributed by atoms with Crippen LogP contribution in [0.3, 0.4) is 0 Å². The summed E-state index contributed by atoms with van der Waals surface area (Å²) in [6.45, 7) is 1.21. The van der Waals surface area contributed by atoms with Crippen molar-refractivity contribution in [1.29, 1.82) is 0 Å². The van der Waals surface area contributed by atoms with Gasteiger partial charge in [-0.1, -0.05) is 18.2 Å². The molecule has 11 nitrogen and oxygen atoms in total. The minimum Gasteiger partial charge on any atom is -0.457 e. The Morgan fingerprint density at radius 1 is 1.00 bits per heavy atom. The number of ketones is 1. The SMILES string of the molecule is Cc1ccccc1C(=O)NN1C[C@H](C(=O)OCC(=O)c2ccc(Oc3ccc([N+](=O)[O-])cc3)cc2)CC1=O. The highest BCUT2D eigenvalue weighted by molar-refractivity contribution is 5.99. The fourth-order valence-electron chi connectivity index (χ4n) is 3.80. The number of carbonyl (C=O) groups excluding carboxylic acids is 4. The highest BCUT2D eigenvalue weighted by Crippen LogP contribution is 2.24. The largest absolute Gasteiger partial charge is 0.457 e. The molecule has 11 heteroatoms. The Balaban J connectivity index is 1.26. The van der Waals surface area contributed by atoms with Crippen LogP contribution in [-0.4, -0.2) is 46.7 Å². The van der Waals surface area contributed by atoms with Gasteiger partial charge in [0.15, 0.2) is 12.4 Å². The van der Waals surface area contributed by atoms with Crippen LogP contribution in [0.1, 0.15) is 32.7 Å². The summed E-state index contributed by atoms with van der Waals surface area (Å²) < 4.78 is 10.7. The number of aryl methyl sites for hydroxylation is 1. The van der Waals surface area contributed by atoms with Gasteiger partial charge in [0.05, 0.1) is 17.4 Å². The van der Waals surface area contributed by atoms with E-state index in [0.29, 0.717) is 17.1 Å².